The molecule has 2 fully saturated rings. The van der Waals surface area contributed by atoms with E-state index in [9.17, 15) is 17.6 Å². The molecule has 1 spiro atoms. The fourth-order valence-corrected chi connectivity index (χ4v) is 5.25. The first-order valence-corrected chi connectivity index (χ1v) is 9.79. The van der Waals surface area contributed by atoms with Gasteiger partial charge in [0.2, 0.25) is 15.9 Å². The van der Waals surface area contributed by atoms with Gasteiger partial charge in [-0.3, -0.25) is 4.79 Å². The average molecular weight is 370 g/mol. The molecule has 0 N–H and O–H groups in total. The Bertz CT molecular complexity index is 773. The van der Waals surface area contributed by atoms with Crippen LogP contribution in [0.15, 0.2) is 23.1 Å². The van der Waals surface area contributed by atoms with Crippen LogP contribution in [0.3, 0.4) is 0 Å². The van der Waals surface area contributed by atoms with Crippen LogP contribution in [0.4, 0.5) is 4.39 Å². The summed E-state index contributed by atoms with van der Waals surface area (Å²) in [5, 5.41) is 0. The van der Waals surface area contributed by atoms with Crippen LogP contribution in [-0.2, 0) is 14.8 Å². The molecule has 0 radical (unpaired) electrons. The van der Waals surface area contributed by atoms with Gasteiger partial charge in [0.1, 0.15) is 0 Å². The van der Waals surface area contributed by atoms with E-state index in [-0.39, 0.29) is 22.0 Å². The highest BCUT2D eigenvalue weighted by molar-refractivity contribution is 7.89. The second-order valence-corrected chi connectivity index (χ2v) is 8.89. The van der Waals surface area contributed by atoms with Gasteiger partial charge in [-0.1, -0.05) is 0 Å². The molecule has 8 heteroatoms. The van der Waals surface area contributed by atoms with Crippen LogP contribution >= 0.6 is 0 Å². The van der Waals surface area contributed by atoms with Gasteiger partial charge >= 0.3 is 0 Å². The van der Waals surface area contributed by atoms with E-state index >= 15 is 0 Å². The molecule has 2 aliphatic heterocycles. The zero-order valence-electron chi connectivity index (χ0n) is 14.5. The summed E-state index contributed by atoms with van der Waals surface area (Å²) in [6.07, 6.45) is 2.75. The maximum atomic E-state index is 13.9. The second-order valence-electron chi connectivity index (χ2n) is 6.95. The summed E-state index contributed by atoms with van der Waals surface area (Å²) in [6.45, 7) is 1.45. The first-order chi connectivity index (χ1) is 11.8. The molecule has 0 bridgehead atoms. The van der Waals surface area contributed by atoms with Crippen LogP contribution in [-0.4, -0.2) is 57.3 Å². The molecule has 1 amide bonds. The van der Waals surface area contributed by atoms with E-state index in [0.29, 0.717) is 38.9 Å². The van der Waals surface area contributed by atoms with Gasteiger partial charge in [0.05, 0.1) is 12.0 Å². The number of carbonyl (C=O) groups excluding carboxylic acids is 1. The number of benzene rings is 1. The van der Waals surface area contributed by atoms with Crippen molar-refractivity contribution in [2.75, 3.05) is 33.8 Å². The van der Waals surface area contributed by atoms with Crippen LogP contribution in [0.1, 0.15) is 25.7 Å². The predicted molar refractivity (Wildman–Crippen MR) is 90.2 cm³/mol. The number of carbonyl (C=O) groups is 1. The molecule has 138 valence electrons. The minimum atomic E-state index is -3.73. The van der Waals surface area contributed by atoms with E-state index in [4.69, 9.17) is 4.74 Å². The lowest BCUT2D eigenvalue weighted by Crippen LogP contribution is -2.51. The van der Waals surface area contributed by atoms with E-state index in [1.807, 2.05) is 0 Å². The van der Waals surface area contributed by atoms with E-state index in [1.165, 1.54) is 23.5 Å². The van der Waals surface area contributed by atoms with Crippen molar-refractivity contribution >= 4 is 15.9 Å². The summed E-state index contributed by atoms with van der Waals surface area (Å²) in [5.74, 6) is -0.523. The quantitative estimate of drug-likeness (QED) is 0.815. The van der Waals surface area contributed by atoms with Crippen molar-refractivity contribution in [2.45, 2.75) is 30.6 Å². The molecule has 0 atom stereocenters. The fraction of sp³-hybridized carbons (Fsp3) is 0.588. The summed E-state index contributed by atoms with van der Waals surface area (Å²) < 4.78 is 45.7. The van der Waals surface area contributed by atoms with Gasteiger partial charge in [0.15, 0.2) is 11.6 Å². The number of likely N-dealkylation sites (tertiary alicyclic amines) is 1. The summed E-state index contributed by atoms with van der Waals surface area (Å²) in [5.41, 5.74) is -0.000161. The average Bonchev–Trinajstić information content (AvgIpc) is 2.59. The number of piperidine rings is 2. The first kappa shape index (κ1) is 18.1. The van der Waals surface area contributed by atoms with Crippen LogP contribution in [0, 0.1) is 11.2 Å². The molecular weight excluding hydrogens is 347 g/mol. The minimum absolute atomic E-state index is 0.000161. The summed E-state index contributed by atoms with van der Waals surface area (Å²) in [4.78, 5) is 13.4. The second kappa shape index (κ2) is 6.57. The SMILES string of the molecule is COc1ccc(S(=O)(=O)N2CCC3(CCC(=O)N(C)C3)CC2)cc1F. The van der Waals surface area contributed by atoms with Crippen molar-refractivity contribution in [2.24, 2.45) is 5.41 Å². The van der Waals surface area contributed by atoms with Crippen LogP contribution in [0.5, 0.6) is 5.75 Å². The number of hydrogen-bond acceptors (Lipinski definition) is 4. The molecule has 0 unspecified atom stereocenters. The summed E-state index contributed by atoms with van der Waals surface area (Å²) in [6, 6.07) is 3.70. The van der Waals surface area contributed by atoms with Crippen LogP contribution < -0.4 is 4.74 Å². The molecule has 2 saturated heterocycles. The molecule has 25 heavy (non-hydrogen) atoms. The number of amides is 1. The fourth-order valence-electron chi connectivity index (χ4n) is 3.80. The summed E-state index contributed by atoms with van der Waals surface area (Å²) >= 11 is 0. The Balaban J connectivity index is 1.73. The Morgan fingerprint density at radius 2 is 1.88 bits per heavy atom. The normalized spacial score (nSPS) is 21.6. The molecule has 1 aromatic rings. The third-order valence-electron chi connectivity index (χ3n) is 5.41. The van der Waals surface area contributed by atoms with E-state index in [0.717, 1.165) is 12.5 Å². The molecule has 6 nitrogen and oxygen atoms in total. The van der Waals surface area contributed by atoms with Crippen LogP contribution in [0.25, 0.3) is 0 Å². The molecule has 3 rings (SSSR count). The van der Waals surface area contributed by atoms with Gasteiger partial charge in [-0.05, 0) is 42.9 Å². The third kappa shape index (κ3) is 3.37. The standard InChI is InChI=1S/C17H23FN2O4S/c1-19-12-17(6-5-16(19)21)7-9-20(10-8-17)25(22,23)13-3-4-15(24-2)14(18)11-13/h3-4,11H,5-10,12H2,1-2H3. The highest BCUT2D eigenvalue weighted by Crippen LogP contribution is 2.41. The topological polar surface area (TPSA) is 66.9 Å². The van der Waals surface area contributed by atoms with Crippen molar-refractivity contribution in [1.29, 1.82) is 0 Å². The molecule has 1 aromatic carbocycles. The third-order valence-corrected chi connectivity index (χ3v) is 7.31. The van der Waals surface area contributed by atoms with Gasteiger partial charge in [-0.25, -0.2) is 12.8 Å². The number of methoxy groups -OCH3 is 1. The zero-order valence-corrected chi connectivity index (χ0v) is 15.3. The monoisotopic (exact) mass is 370 g/mol. The minimum Gasteiger partial charge on any atom is -0.494 e. The van der Waals surface area contributed by atoms with Crippen molar-refractivity contribution in [3.63, 3.8) is 0 Å². The Kier molecular flexibility index (Phi) is 4.76. The first-order valence-electron chi connectivity index (χ1n) is 8.35. The lowest BCUT2D eigenvalue weighted by molar-refractivity contribution is -0.136. The number of ether oxygens (including phenoxy) is 1. The van der Waals surface area contributed by atoms with E-state index in [2.05, 4.69) is 0 Å². The predicted octanol–water partition coefficient (Wildman–Crippen LogP) is 1.86. The molecule has 2 aliphatic rings. The van der Waals surface area contributed by atoms with Crippen molar-refractivity contribution in [1.82, 2.24) is 9.21 Å². The maximum absolute atomic E-state index is 13.9. The summed E-state index contributed by atoms with van der Waals surface area (Å²) in [7, 11) is -0.598. The molecule has 0 aliphatic carbocycles. The smallest absolute Gasteiger partial charge is 0.243 e. The van der Waals surface area contributed by atoms with Crippen molar-refractivity contribution in [3.05, 3.63) is 24.0 Å². The number of hydrogen-bond donors (Lipinski definition) is 0. The Morgan fingerprint density at radius 1 is 1.20 bits per heavy atom. The maximum Gasteiger partial charge on any atom is 0.243 e. The zero-order chi connectivity index (χ0) is 18.2. The van der Waals surface area contributed by atoms with E-state index < -0.39 is 15.8 Å². The lowest BCUT2D eigenvalue weighted by atomic mass is 9.73. The van der Waals surface area contributed by atoms with Gasteiger partial charge in [-0.2, -0.15) is 4.31 Å². The van der Waals surface area contributed by atoms with E-state index in [1.54, 1.807) is 11.9 Å². The highest BCUT2D eigenvalue weighted by Gasteiger charge is 2.42. The Hall–Kier alpha value is -1.67. The molecule has 2 heterocycles. The number of sulfonamides is 1. The highest BCUT2D eigenvalue weighted by atomic mass is 32.2. The molecule has 0 saturated carbocycles. The molecular formula is C17H23FN2O4S. The molecule has 0 aromatic heterocycles. The lowest BCUT2D eigenvalue weighted by Gasteiger charge is -2.46. The Labute approximate surface area is 147 Å². The van der Waals surface area contributed by atoms with Crippen LogP contribution in [0.2, 0.25) is 0 Å². The largest absolute Gasteiger partial charge is 0.494 e. The number of nitrogens with zero attached hydrogens (tertiary/aromatic N) is 2. The number of rotatable bonds is 3. The van der Waals surface area contributed by atoms with Crippen molar-refractivity contribution < 1.29 is 22.3 Å². The van der Waals surface area contributed by atoms with Gasteiger partial charge in [-0.15, -0.1) is 0 Å². The van der Waals surface area contributed by atoms with Crippen molar-refractivity contribution in [3.8, 4) is 5.75 Å². The van der Waals surface area contributed by atoms with Gasteiger partial charge in [0.25, 0.3) is 0 Å². The number of halogens is 1. The van der Waals surface area contributed by atoms with Gasteiger partial charge in [0, 0.05) is 33.1 Å². The van der Waals surface area contributed by atoms with Gasteiger partial charge < -0.3 is 9.64 Å². The Morgan fingerprint density at radius 3 is 2.44 bits per heavy atom.